The second-order valence-corrected chi connectivity index (χ2v) is 6.50. The number of hydrogen-bond donors (Lipinski definition) is 2. The van der Waals surface area contributed by atoms with Crippen LogP contribution in [0.5, 0.6) is 0 Å². The Bertz CT molecular complexity index is 345. The first kappa shape index (κ1) is 18.8. The highest BCUT2D eigenvalue weighted by atomic mass is 16.2. The van der Waals surface area contributed by atoms with Crippen LogP contribution in [0, 0.1) is 5.92 Å². The van der Waals surface area contributed by atoms with E-state index in [9.17, 15) is 4.79 Å². The maximum atomic E-state index is 11.8. The van der Waals surface area contributed by atoms with E-state index in [1.165, 1.54) is 32.1 Å². The van der Waals surface area contributed by atoms with Crippen molar-refractivity contribution in [2.24, 2.45) is 10.9 Å². The summed E-state index contributed by atoms with van der Waals surface area (Å²) >= 11 is 0. The molecule has 22 heavy (non-hydrogen) atoms. The average Bonchev–Trinajstić information content (AvgIpc) is 2.53. The molecule has 1 saturated carbocycles. The van der Waals surface area contributed by atoms with E-state index in [1.54, 1.807) is 19.0 Å². The summed E-state index contributed by atoms with van der Waals surface area (Å²) < 4.78 is 0. The summed E-state index contributed by atoms with van der Waals surface area (Å²) in [5.74, 6) is 1.49. The van der Waals surface area contributed by atoms with Crippen LogP contribution in [0.15, 0.2) is 4.99 Å². The highest BCUT2D eigenvalue weighted by Gasteiger charge is 2.15. The summed E-state index contributed by atoms with van der Waals surface area (Å²) in [4.78, 5) is 17.8. The second-order valence-electron chi connectivity index (χ2n) is 6.50. The molecule has 1 amide bonds. The molecule has 0 bridgehead atoms. The van der Waals surface area contributed by atoms with Gasteiger partial charge in [0.15, 0.2) is 5.96 Å². The van der Waals surface area contributed by atoms with E-state index < -0.39 is 0 Å². The molecular formula is C17H34N4O. The molecule has 0 atom stereocenters. The molecule has 0 saturated heterocycles. The molecule has 1 rings (SSSR count). The fourth-order valence-electron chi connectivity index (χ4n) is 2.70. The number of guanidine groups is 1. The van der Waals surface area contributed by atoms with Crippen molar-refractivity contribution in [1.82, 2.24) is 15.5 Å². The second kappa shape index (κ2) is 10.5. The van der Waals surface area contributed by atoms with Crippen molar-refractivity contribution in [1.29, 1.82) is 0 Å². The molecule has 0 heterocycles. The first-order valence-electron chi connectivity index (χ1n) is 8.81. The maximum absolute atomic E-state index is 11.8. The van der Waals surface area contributed by atoms with Crippen LogP contribution in [0.2, 0.25) is 0 Å². The molecule has 0 aromatic rings. The standard InChI is InChI=1S/C17H34N4O/c1-5-14(6-2)12-18-17(19-13-16(22)21(3)4)20-15-10-8-7-9-11-15/h14-15H,5-13H2,1-4H3,(H2,18,19,20). The third-order valence-corrected chi connectivity index (χ3v) is 4.53. The lowest BCUT2D eigenvalue weighted by molar-refractivity contribution is -0.127. The predicted octanol–water partition coefficient (Wildman–Crippen LogP) is 2.38. The molecule has 0 spiro atoms. The van der Waals surface area contributed by atoms with E-state index in [-0.39, 0.29) is 12.5 Å². The number of nitrogens with zero attached hydrogens (tertiary/aromatic N) is 2. The van der Waals surface area contributed by atoms with Crippen LogP contribution in [0.3, 0.4) is 0 Å². The van der Waals surface area contributed by atoms with Gasteiger partial charge in [-0.2, -0.15) is 0 Å². The molecule has 0 aromatic carbocycles. The van der Waals surface area contributed by atoms with Crippen LogP contribution in [0.25, 0.3) is 0 Å². The van der Waals surface area contributed by atoms with Gasteiger partial charge in [0.05, 0.1) is 0 Å². The van der Waals surface area contributed by atoms with Crippen molar-refractivity contribution in [3.8, 4) is 0 Å². The number of carbonyl (C=O) groups excluding carboxylic acids is 1. The number of rotatable bonds is 7. The van der Waals surface area contributed by atoms with E-state index in [4.69, 9.17) is 0 Å². The Morgan fingerprint density at radius 3 is 2.36 bits per heavy atom. The van der Waals surface area contributed by atoms with Crippen molar-refractivity contribution in [2.75, 3.05) is 27.2 Å². The lowest BCUT2D eigenvalue weighted by Crippen LogP contribution is -2.46. The lowest BCUT2D eigenvalue weighted by atomic mass is 9.96. The van der Waals surface area contributed by atoms with Crippen LogP contribution in [-0.2, 0) is 4.79 Å². The molecule has 0 radical (unpaired) electrons. The van der Waals surface area contributed by atoms with E-state index >= 15 is 0 Å². The molecule has 1 aliphatic rings. The van der Waals surface area contributed by atoms with E-state index in [2.05, 4.69) is 29.5 Å². The molecule has 5 nitrogen and oxygen atoms in total. The molecule has 5 heteroatoms. The van der Waals surface area contributed by atoms with Crippen molar-refractivity contribution >= 4 is 11.9 Å². The van der Waals surface area contributed by atoms with Crippen LogP contribution in [-0.4, -0.2) is 50.0 Å². The summed E-state index contributed by atoms with van der Waals surface area (Å²) in [6.07, 6.45) is 8.64. The van der Waals surface area contributed by atoms with Crippen LogP contribution < -0.4 is 10.6 Å². The Hall–Kier alpha value is -1.26. The summed E-state index contributed by atoms with van der Waals surface area (Å²) in [6, 6.07) is 0.496. The number of amides is 1. The van der Waals surface area contributed by atoms with Crippen molar-refractivity contribution < 1.29 is 4.79 Å². The zero-order chi connectivity index (χ0) is 16.4. The molecule has 0 unspecified atom stereocenters. The zero-order valence-corrected chi connectivity index (χ0v) is 14.8. The topological polar surface area (TPSA) is 56.7 Å². The van der Waals surface area contributed by atoms with Gasteiger partial charge in [0.25, 0.3) is 0 Å². The van der Waals surface area contributed by atoms with Gasteiger partial charge in [-0.05, 0) is 18.8 Å². The highest BCUT2D eigenvalue weighted by Crippen LogP contribution is 2.17. The van der Waals surface area contributed by atoms with Gasteiger partial charge in [-0.15, -0.1) is 0 Å². The Kier molecular flexibility index (Phi) is 8.94. The Balaban J connectivity index is 2.57. The smallest absolute Gasteiger partial charge is 0.243 e. The molecule has 1 aliphatic carbocycles. The third-order valence-electron chi connectivity index (χ3n) is 4.53. The van der Waals surface area contributed by atoms with Crippen LogP contribution in [0.1, 0.15) is 58.8 Å². The van der Waals surface area contributed by atoms with E-state index in [0.29, 0.717) is 12.0 Å². The number of carbonyl (C=O) groups is 1. The van der Waals surface area contributed by atoms with Crippen LogP contribution in [0.4, 0.5) is 0 Å². The van der Waals surface area contributed by atoms with Crippen molar-refractivity contribution in [2.45, 2.75) is 64.8 Å². The highest BCUT2D eigenvalue weighted by molar-refractivity contribution is 5.84. The number of nitrogens with one attached hydrogen (secondary N) is 2. The molecule has 2 N–H and O–H groups in total. The summed E-state index contributed by atoms with van der Waals surface area (Å²) in [6.45, 7) is 5.56. The molecular weight excluding hydrogens is 276 g/mol. The fourth-order valence-corrected chi connectivity index (χ4v) is 2.70. The maximum Gasteiger partial charge on any atom is 0.243 e. The summed E-state index contributed by atoms with van der Waals surface area (Å²) in [5.41, 5.74) is 0. The minimum atomic E-state index is 0.0345. The minimum absolute atomic E-state index is 0.0345. The summed E-state index contributed by atoms with van der Waals surface area (Å²) in [5, 5.41) is 6.95. The average molecular weight is 310 g/mol. The van der Waals surface area contributed by atoms with Gasteiger partial charge >= 0.3 is 0 Å². The lowest BCUT2D eigenvalue weighted by Gasteiger charge is -2.26. The van der Waals surface area contributed by atoms with Gasteiger partial charge in [0.2, 0.25) is 5.91 Å². The van der Waals surface area contributed by atoms with E-state index in [1.807, 2.05) is 0 Å². The van der Waals surface area contributed by atoms with E-state index in [0.717, 1.165) is 25.3 Å². The zero-order valence-electron chi connectivity index (χ0n) is 14.8. The van der Waals surface area contributed by atoms with Crippen molar-refractivity contribution in [3.05, 3.63) is 0 Å². The largest absolute Gasteiger partial charge is 0.356 e. The SMILES string of the molecule is CCC(CC)CNC(=NCC(=O)N(C)C)NC1CCCCC1. The third kappa shape index (κ3) is 7.14. The Morgan fingerprint density at radius 2 is 1.82 bits per heavy atom. The van der Waals surface area contributed by atoms with Gasteiger partial charge in [-0.25, -0.2) is 4.99 Å². The predicted molar refractivity (Wildman–Crippen MR) is 93.1 cm³/mol. The number of likely N-dealkylation sites (N-methyl/N-ethyl adjacent to an activating group) is 1. The van der Waals surface area contributed by atoms with Gasteiger partial charge in [-0.3, -0.25) is 4.79 Å². The fraction of sp³-hybridized carbons (Fsp3) is 0.882. The normalized spacial score (nSPS) is 16.7. The molecule has 0 aliphatic heterocycles. The van der Waals surface area contributed by atoms with Crippen LogP contribution >= 0.6 is 0 Å². The number of aliphatic imine (C=N–C) groups is 1. The molecule has 128 valence electrons. The molecule has 0 aromatic heterocycles. The Morgan fingerprint density at radius 1 is 1.18 bits per heavy atom. The van der Waals surface area contributed by atoms with Gasteiger partial charge in [-0.1, -0.05) is 46.0 Å². The molecule has 1 fully saturated rings. The van der Waals surface area contributed by atoms with Gasteiger partial charge < -0.3 is 15.5 Å². The summed E-state index contributed by atoms with van der Waals surface area (Å²) in [7, 11) is 3.54. The van der Waals surface area contributed by atoms with Gasteiger partial charge in [0, 0.05) is 26.7 Å². The monoisotopic (exact) mass is 310 g/mol. The Labute approximate surface area is 135 Å². The first-order chi connectivity index (χ1) is 10.6. The van der Waals surface area contributed by atoms with Gasteiger partial charge in [0.1, 0.15) is 6.54 Å². The quantitative estimate of drug-likeness (QED) is 0.561. The van der Waals surface area contributed by atoms with Crippen molar-refractivity contribution in [3.63, 3.8) is 0 Å². The number of hydrogen-bond acceptors (Lipinski definition) is 2. The first-order valence-corrected chi connectivity index (χ1v) is 8.81. The minimum Gasteiger partial charge on any atom is -0.356 e.